The number of ether oxygens (including phenoxy) is 1. The van der Waals surface area contributed by atoms with Crippen LogP contribution in [0.1, 0.15) is 40.5 Å². The van der Waals surface area contributed by atoms with Gasteiger partial charge in [0.25, 0.3) is 0 Å². The maximum absolute atomic E-state index is 14.8. The topological polar surface area (TPSA) is 73.9 Å². The summed E-state index contributed by atoms with van der Waals surface area (Å²) in [7, 11) is 0. The number of likely N-dealkylation sites (tertiary alicyclic amines) is 1. The molecule has 0 spiro atoms. The predicted octanol–water partition coefficient (Wildman–Crippen LogP) is 3.46. The fourth-order valence-corrected chi connectivity index (χ4v) is 4.24. The van der Waals surface area contributed by atoms with E-state index in [-0.39, 0.29) is 35.9 Å². The molecule has 8 heteroatoms. The standard InChI is InChI=1S/C23H35FN4O3/c1-15(2)11-25-23(30)27-9-5-6-18(14-27)22(29)26-19-7-8-21(20(24)10-19)28-12-16(3)31-17(4)13-28/h7-8,10,15-18H,5-6,9,11-14H2,1-4H3,(H,25,30)(H,26,29)/t16-,17+,18-/m1/s1. The molecule has 0 saturated carbocycles. The average Bonchev–Trinajstić information content (AvgIpc) is 2.71. The molecule has 0 bridgehead atoms. The van der Waals surface area contributed by atoms with Gasteiger partial charge in [-0.05, 0) is 50.8 Å². The first kappa shape index (κ1) is 23.3. The van der Waals surface area contributed by atoms with Crippen LogP contribution in [0, 0.1) is 17.7 Å². The minimum Gasteiger partial charge on any atom is -0.372 e. The van der Waals surface area contributed by atoms with E-state index in [1.807, 2.05) is 32.6 Å². The van der Waals surface area contributed by atoms with Gasteiger partial charge in [0.05, 0.1) is 23.8 Å². The van der Waals surface area contributed by atoms with E-state index in [4.69, 9.17) is 4.74 Å². The highest BCUT2D eigenvalue weighted by molar-refractivity contribution is 5.93. The second kappa shape index (κ2) is 10.3. The Labute approximate surface area is 184 Å². The Morgan fingerprint density at radius 3 is 2.55 bits per heavy atom. The van der Waals surface area contributed by atoms with Gasteiger partial charge in [-0.15, -0.1) is 0 Å². The number of hydrogen-bond donors (Lipinski definition) is 2. The van der Waals surface area contributed by atoms with Crippen molar-refractivity contribution in [2.75, 3.05) is 42.9 Å². The number of anilines is 2. The van der Waals surface area contributed by atoms with Crippen LogP contribution in [-0.2, 0) is 9.53 Å². The molecule has 3 amide bonds. The molecule has 0 aliphatic carbocycles. The lowest BCUT2D eigenvalue weighted by atomic mass is 9.97. The van der Waals surface area contributed by atoms with Crippen LogP contribution in [0.4, 0.5) is 20.6 Å². The van der Waals surface area contributed by atoms with Crippen molar-refractivity contribution in [3.05, 3.63) is 24.0 Å². The van der Waals surface area contributed by atoms with Crippen molar-refractivity contribution in [3.63, 3.8) is 0 Å². The van der Waals surface area contributed by atoms with Gasteiger partial charge in [-0.2, -0.15) is 0 Å². The van der Waals surface area contributed by atoms with Crippen molar-refractivity contribution in [3.8, 4) is 0 Å². The maximum Gasteiger partial charge on any atom is 0.317 e. The third-order valence-corrected chi connectivity index (χ3v) is 5.72. The number of halogens is 1. The van der Waals surface area contributed by atoms with Crippen molar-refractivity contribution in [1.82, 2.24) is 10.2 Å². The lowest BCUT2D eigenvalue weighted by Gasteiger charge is -2.37. The number of urea groups is 1. The van der Waals surface area contributed by atoms with E-state index in [1.165, 1.54) is 6.07 Å². The van der Waals surface area contributed by atoms with E-state index in [0.717, 1.165) is 6.42 Å². The maximum atomic E-state index is 14.8. The van der Waals surface area contributed by atoms with Gasteiger partial charge < -0.3 is 25.2 Å². The number of nitrogens with one attached hydrogen (secondary N) is 2. The van der Waals surface area contributed by atoms with E-state index < -0.39 is 0 Å². The number of amides is 3. The minimum atomic E-state index is -0.363. The molecule has 31 heavy (non-hydrogen) atoms. The van der Waals surface area contributed by atoms with Crippen molar-refractivity contribution in [1.29, 1.82) is 0 Å². The third kappa shape index (κ3) is 6.32. The van der Waals surface area contributed by atoms with E-state index in [1.54, 1.807) is 17.0 Å². The van der Waals surface area contributed by atoms with Crippen molar-refractivity contribution < 1.29 is 18.7 Å². The van der Waals surface area contributed by atoms with Crippen LogP contribution in [0.2, 0.25) is 0 Å². The molecule has 0 radical (unpaired) electrons. The fraction of sp³-hybridized carbons (Fsp3) is 0.652. The van der Waals surface area contributed by atoms with Crippen LogP contribution in [0.3, 0.4) is 0 Å². The molecule has 2 heterocycles. The first-order valence-corrected chi connectivity index (χ1v) is 11.3. The molecule has 7 nitrogen and oxygen atoms in total. The van der Waals surface area contributed by atoms with Crippen molar-refractivity contribution >= 4 is 23.3 Å². The molecule has 1 aromatic rings. The molecule has 2 aliphatic rings. The van der Waals surface area contributed by atoms with Crippen LogP contribution < -0.4 is 15.5 Å². The molecule has 2 aliphatic heterocycles. The number of nitrogens with zero attached hydrogens (tertiary/aromatic N) is 2. The van der Waals surface area contributed by atoms with Gasteiger partial charge in [-0.1, -0.05) is 13.8 Å². The van der Waals surface area contributed by atoms with Gasteiger partial charge in [0.1, 0.15) is 5.82 Å². The quantitative estimate of drug-likeness (QED) is 0.744. The summed E-state index contributed by atoms with van der Waals surface area (Å²) in [6.45, 7) is 10.9. The summed E-state index contributed by atoms with van der Waals surface area (Å²) in [5.41, 5.74) is 0.952. The largest absolute Gasteiger partial charge is 0.372 e. The molecule has 172 valence electrons. The highest BCUT2D eigenvalue weighted by Crippen LogP contribution is 2.27. The Kier molecular flexibility index (Phi) is 7.75. The van der Waals surface area contributed by atoms with Crippen LogP contribution in [-0.4, -0.2) is 61.8 Å². The summed E-state index contributed by atoms with van der Waals surface area (Å²) in [6.07, 6.45) is 1.56. The normalized spacial score (nSPS) is 24.3. The first-order valence-electron chi connectivity index (χ1n) is 11.3. The van der Waals surface area contributed by atoms with Crippen LogP contribution >= 0.6 is 0 Å². The zero-order chi connectivity index (χ0) is 22.5. The van der Waals surface area contributed by atoms with E-state index >= 15 is 0 Å². The predicted molar refractivity (Wildman–Crippen MR) is 120 cm³/mol. The van der Waals surface area contributed by atoms with Gasteiger partial charge >= 0.3 is 6.03 Å². The third-order valence-electron chi connectivity index (χ3n) is 5.72. The van der Waals surface area contributed by atoms with E-state index in [9.17, 15) is 14.0 Å². The Morgan fingerprint density at radius 1 is 1.19 bits per heavy atom. The molecule has 3 atom stereocenters. The van der Waals surface area contributed by atoms with Crippen molar-refractivity contribution in [2.45, 2.75) is 52.7 Å². The smallest absolute Gasteiger partial charge is 0.317 e. The van der Waals surface area contributed by atoms with Gasteiger partial charge in [-0.25, -0.2) is 9.18 Å². The highest BCUT2D eigenvalue weighted by atomic mass is 19.1. The zero-order valence-corrected chi connectivity index (χ0v) is 19.0. The number of piperidine rings is 1. The van der Waals surface area contributed by atoms with Gasteiger partial charge in [-0.3, -0.25) is 4.79 Å². The lowest BCUT2D eigenvalue weighted by molar-refractivity contribution is -0.121. The first-order chi connectivity index (χ1) is 14.7. The Morgan fingerprint density at radius 2 is 1.90 bits per heavy atom. The monoisotopic (exact) mass is 434 g/mol. The lowest BCUT2D eigenvalue weighted by Crippen LogP contribution is -2.48. The molecular weight excluding hydrogens is 399 g/mol. The molecule has 3 rings (SSSR count). The molecule has 0 aromatic heterocycles. The summed E-state index contributed by atoms with van der Waals surface area (Å²) in [4.78, 5) is 28.8. The summed E-state index contributed by atoms with van der Waals surface area (Å²) >= 11 is 0. The number of carbonyl (C=O) groups is 2. The summed E-state index contributed by atoms with van der Waals surface area (Å²) in [6, 6.07) is 4.68. The average molecular weight is 435 g/mol. The van der Waals surface area contributed by atoms with Crippen LogP contribution in [0.15, 0.2) is 18.2 Å². The Hall–Kier alpha value is -2.35. The molecule has 2 saturated heterocycles. The van der Waals surface area contributed by atoms with Gasteiger partial charge in [0.15, 0.2) is 0 Å². The van der Waals surface area contributed by atoms with E-state index in [2.05, 4.69) is 10.6 Å². The Bertz CT molecular complexity index is 778. The van der Waals surface area contributed by atoms with Gasteiger partial charge in [0.2, 0.25) is 5.91 Å². The number of morpholine rings is 1. The SMILES string of the molecule is CC(C)CNC(=O)N1CCC[C@@H](C(=O)Nc2ccc(N3C[C@@H](C)O[C@@H](C)C3)c(F)c2)C1. The second-order valence-corrected chi connectivity index (χ2v) is 9.18. The number of benzene rings is 1. The van der Waals surface area contributed by atoms with Crippen LogP contribution in [0.25, 0.3) is 0 Å². The molecule has 2 N–H and O–H groups in total. The molecule has 1 aromatic carbocycles. The van der Waals surface area contributed by atoms with Crippen LogP contribution in [0.5, 0.6) is 0 Å². The molecule has 2 fully saturated rings. The summed E-state index contributed by atoms with van der Waals surface area (Å²) in [5, 5.41) is 5.73. The number of carbonyl (C=O) groups excluding carboxylic acids is 2. The zero-order valence-electron chi connectivity index (χ0n) is 19.0. The molecule has 0 unspecified atom stereocenters. The summed E-state index contributed by atoms with van der Waals surface area (Å²) in [5.74, 6) is -0.476. The Balaban J connectivity index is 1.58. The van der Waals surface area contributed by atoms with E-state index in [0.29, 0.717) is 56.4 Å². The van der Waals surface area contributed by atoms with Gasteiger partial charge in [0, 0.05) is 38.4 Å². The second-order valence-electron chi connectivity index (χ2n) is 9.18. The minimum absolute atomic E-state index is 0.0366. The fourth-order valence-electron chi connectivity index (χ4n) is 4.24. The number of hydrogen-bond acceptors (Lipinski definition) is 4. The summed E-state index contributed by atoms with van der Waals surface area (Å²) < 4.78 is 20.5. The highest BCUT2D eigenvalue weighted by Gasteiger charge is 2.29. The number of rotatable bonds is 5. The van der Waals surface area contributed by atoms with Crippen molar-refractivity contribution in [2.24, 2.45) is 11.8 Å². The molecular formula is C23H35FN4O3.